The van der Waals surface area contributed by atoms with E-state index >= 15 is 0 Å². The van der Waals surface area contributed by atoms with Crippen LogP contribution in [-0.2, 0) is 6.54 Å². The number of rotatable bonds is 4. The van der Waals surface area contributed by atoms with E-state index in [0.29, 0.717) is 22.9 Å². The molecule has 4 nitrogen and oxygen atoms in total. The number of methoxy groups -OCH3 is 1. The lowest BCUT2D eigenvalue weighted by atomic mass is 10.1. The summed E-state index contributed by atoms with van der Waals surface area (Å²) < 4.78 is 16.8. The van der Waals surface area contributed by atoms with E-state index in [4.69, 9.17) is 30.2 Å². The van der Waals surface area contributed by atoms with Crippen LogP contribution in [0.2, 0.25) is 5.02 Å². The summed E-state index contributed by atoms with van der Waals surface area (Å²) in [4.78, 5) is 4.72. The first-order valence-corrected chi connectivity index (χ1v) is 8.52. The number of furan rings is 1. The van der Waals surface area contributed by atoms with Crippen molar-refractivity contribution in [2.75, 3.05) is 7.11 Å². The number of nitrogens with zero attached hydrogens (tertiary/aromatic N) is 1. The van der Waals surface area contributed by atoms with Gasteiger partial charge in [0.05, 0.1) is 30.3 Å². The Balaban J connectivity index is 1.93. The van der Waals surface area contributed by atoms with Crippen LogP contribution in [0.15, 0.2) is 80.8 Å². The van der Waals surface area contributed by atoms with Crippen LogP contribution in [0.1, 0.15) is 5.76 Å². The molecule has 0 spiro atoms. The molecule has 130 valence electrons. The van der Waals surface area contributed by atoms with Crippen LogP contribution < -0.4 is 10.1 Å². The quantitative estimate of drug-likeness (QED) is 0.482. The zero-order valence-corrected chi connectivity index (χ0v) is 14.9. The molecule has 0 radical (unpaired) electrons. The molecule has 0 aliphatic rings. The maximum absolute atomic E-state index is 6.34. The summed E-state index contributed by atoms with van der Waals surface area (Å²) in [6.07, 6.45) is 1.64. The molecule has 5 heteroatoms. The molecule has 2 heterocycles. The summed E-state index contributed by atoms with van der Waals surface area (Å²) in [5, 5.41) is 2.28. The minimum atomic E-state index is 0.436. The van der Waals surface area contributed by atoms with Crippen LogP contribution in [0, 0.1) is 0 Å². The van der Waals surface area contributed by atoms with E-state index in [-0.39, 0.29) is 0 Å². The van der Waals surface area contributed by atoms with Crippen molar-refractivity contribution in [2.45, 2.75) is 6.54 Å². The van der Waals surface area contributed by atoms with Gasteiger partial charge in [0.2, 0.25) is 0 Å². The van der Waals surface area contributed by atoms with Gasteiger partial charge in [-0.15, -0.1) is 0 Å². The van der Waals surface area contributed by atoms with Gasteiger partial charge < -0.3 is 13.6 Å². The molecule has 0 bridgehead atoms. The minimum Gasteiger partial charge on any atom is -0.497 e. The summed E-state index contributed by atoms with van der Waals surface area (Å²) in [5.74, 6) is 2.19. The van der Waals surface area contributed by atoms with Gasteiger partial charge in [0.25, 0.3) is 0 Å². The molecule has 0 fully saturated rings. The maximum Gasteiger partial charge on any atom is 0.138 e. The third kappa shape index (κ3) is 3.24. The average molecular weight is 366 g/mol. The smallest absolute Gasteiger partial charge is 0.138 e. The van der Waals surface area contributed by atoms with Gasteiger partial charge in [-0.2, -0.15) is 0 Å². The van der Waals surface area contributed by atoms with Crippen LogP contribution in [0.4, 0.5) is 0 Å². The van der Waals surface area contributed by atoms with Crippen LogP contribution in [-0.4, -0.2) is 7.11 Å². The SMILES string of the molecule is COc1ccc2oc(-c3ccccc3Cl)cc(=NCc3ccco3)c2c1. The van der Waals surface area contributed by atoms with Gasteiger partial charge in [-0.25, -0.2) is 0 Å². The standard InChI is InChI=1S/C21H16ClNO3/c1-24-14-8-9-20-17(11-14)19(23-13-15-5-4-10-25-15)12-21(26-20)16-6-2-3-7-18(16)22/h2-12H,13H2,1H3. The van der Waals surface area contributed by atoms with Gasteiger partial charge in [-0.05, 0) is 42.5 Å². The van der Waals surface area contributed by atoms with Crippen molar-refractivity contribution in [1.82, 2.24) is 0 Å². The molecule has 0 aliphatic carbocycles. The molecule has 0 amide bonds. The highest BCUT2D eigenvalue weighted by atomic mass is 35.5. The lowest BCUT2D eigenvalue weighted by Gasteiger charge is -2.08. The second kappa shape index (κ2) is 7.10. The number of hydrogen-bond acceptors (Lipinski definition) is 4. The fraction of sp³-hybridized carbons (Fsp3) is 0.0952. The highest BCUT2D eigenvalue weighted by molar-refractivity contribution is 6.33. The van der Waals surface area contributed by atoms with Crippen LogP contribution in [0.3, 0.4) is 0 Å². The lowest BCUT2D eigenvalue weighted by molar-refractivity contribution is 0.415. The van der Waals surface area contributed by atoms with E-state index in [9.17, 15) is 0 Å². The Morgan fingerprint density at radius 3 is 2.69 bits per heavy atom. The Kier molecular flexibility index (Phi) is 4.50. The number of ether oxygens (including phenoxy) is 1. The zero-order valence-electron chi connectivity index (χ0n) is 14.1. The van der Waals surface area contributed by atoms with Gasteiger partial charge in [0, 0.05) is 17.0 Å². The molecule has 0 N–H and O–H groups in total. The van der Waals surface area contributed by atoms with Crippen molar-refractivity contribution < 1.29 is 13.6 Å². The normalized spacial score (nSPS) is 11.8. The second-order valence-electron chi connectivity index (χ2n) is 5.73. The summed E-state index contributed by atoms with van der Waals surface area (Å²) in [6.45, 7) is 0.436. The molecule has 0 saturated heterocycles. The number of hydrogen-bond donors (Lipinski definition) is 0. The van der Waals surface area contributed by atoms with E-state index < -0.39 is 0 Å². The van der Waals surface area contributed by atoms with Crippen molar-refractivity contribution in [3.8, 4) is 17.1 Å². The molecular weight excluding hydrogens is 350 g/mol. The van der Waals surface area contributed by atoms with E-state index in [0.717, 1.165) is 27.8 Å². The minimum absolute atomic E-state index is 0.436. The van der Waals surface area contributed by atoms with Crippen LogP contribution in [0.25, 0.3) is 22.3 Å². The van der Waals surface area contributed by atoms with Crippen molar-refractivity contribution in [2.24, 2.45) is 4.99 Å². The number of fused-ring (bicyclic) bond motifs is 1. The van der Waals surface area contributed by atoms with Crippen molar-refractivity contribution in [1.29, 1.82) is 0 Å². The molecule has 2 aromatic carbocycles. The predicted octanol–water partition coefficient (Wildman–Crippen LogP) is 5.46. The largest absolute Gasteiger partial charge is 0.497 e. The molecule has 26 heavy (non-hydrogen) atoms. The van der Waals surface area contributed by atoms with E-state index in [1.807, 2.05) is 60.7 Å². The maximum atomic E-state index is 6.34. The van der Waals surface area contributed by atoms with Crippen LogP contribution in [0.5, 0.6) is 5.75 Å². The fourth-order valence-electron chi connectivity index (χ4n) is 2.77. The average Bonchev–Trinajstić information content (AvgIpc) is 3.19. The van der Waals surface area contributed by atoms with Crippen LogP contribution >= 0.6 is 11.6 Å². The molecule has 4 rings (SSSR count). The Hall–Kier alpha value is -2.98. The van der Waals surface area contributed by atoms with E-state index in [1.165, 1.54) is 0 Å². The molecule has 0 saturated carbocycles. The summed E-state index contributed by atoms with van der Waals surface area (Å²) >= 11 is 6.34. The van der Waals surface area contributed by atoms with Gasteiger partial charge in [0.1, 0.15) is 22.9 Å². The van der Waals surface area contributed by atoms with Gasteiger partial charge in [0.15, 0.2) is 0 Å². The molecule has 4 aromatic rings. The summed E-state index contributed by atoms with van der Waals surface area (Å²) in [6, 6.07) is 18.9. The van der Waals surface area contributed by atoms with Gasteiger partial charge >= 0.3 is 0 Å². The summed E-state index contributed by atoms with van der Waals surface area (Å²) in [7, 11) is 1.64. The van der Waals surface area contributed by atoms with Crippen molar-refractivity contribution >= 4 is 22.6 Å². The lowest BCUT2D eigenvalue weighted by Crippen LogP contribution is -2.05. The molecule has 2 aromatic heterocycles. The van der Waals surface area contributed by atoms with E-state index in [2.05, 4.69) is 0 Å². The molecule has 0 aliphatic heterocycles. The number of benzene rings is 2. The van der Waals surface area contributed by atoms with Gasteiger partial charge in [-0.1, -0.05) is 23.7 Å². The third-order valence-electron chi connectivity index (χ3n) is 4.08. The van der Waals surface area contributed by atoms with Crippen molar-refractivity contribution in [3.05, 3.63) is 83.1 Å². The Morgan fingerprint density at radius 2 is 1.92 bits per heavy atom. The molecule has 0 unspecified atom stereocenters. The van der Waals surface area contributed by atoms with Crippen molar-refractivity contribution in [3.63, 3.8) is 0 Å². The monoisotopic (exact) mass is 365 g/mol. The zero-order chi connectivity index (χ0) is 17.9. The summed E-state index contributed by atoms with van der Waals surface area (Å²) in [5.41, 5.74) is 1.53. The first-order valence-electron chi connectivity index (χ1n) is 8.14. The van der Waals surface area contributed by atoms with Gasteiger partial charge in [-0.3, -0.25) is 4.99 Å². The first kappa shape index (κ1) is 16.5. The highest BCUT2D eigenvalue weighted by Crippen LogP contribution is 2.29. The Labute approximate surface area is 155 Å². The Bertz CT molecular complexity index is 1110. The molecular formula is C21H16ClNO3. The van der Waals surface area contributed by atoms with E-state index in [1.54, 1.807) is 13.4 Å². The Morgan fingerprint density at radius 1 is 1.04 bits per heavy atom. The fourth-order valence-corrected chi connectivity index (χ4v) is 2.99. The predicted molar refractivity (Wildman–Crippen MR) is 101 cm³/mol. The highest BCUT2D eigenvalue weighted by Gasteiger charge is 2.10. The number of halogens is 1. The topological polar surface area (TPSA) is 47.9 Å². The molecule has 0 atom stereocenters. The third-order valence-corrected chi connectivity index (χ3v) is 4.40. The second-order valence-corrected chi connectivity index (χ2v) is 6.14. The first-order chi connectivity index (χ1) is 12.7.